The average Bonchev–Trinajstić information content (AvgIpc) is 2.68. The number of amides is 1. The number of carbonyl (C=O) groups is 2. The lowest BCUT2D eigenvalue weighted by Crippen LogP contribution is -2.35. The van der Waals surface area contributed by atoms with Gasteiger partial charge in [-0.25, -0.2) is 4.98 Å². The van der Waals surface area contributed by atoms with Crippen LogP contribution in [0.15, 0.2) is 23.4 Å². The Morgan fingerprint density at radius 2 is 2.04 bits per heavy atom. The van der Waals surface area contributed by atoms with Crippen LogP contribution in [0.25, 0.3) is 0 Å². The van der Waals surface area contributed by atoms with Gasteiger partial charge < -0.3 is 9.64 Å². The normalized spacial score (nSPS) is 15.9. The lowest BCUT2D eigenvalue weighted by molar-refractivity contribution is -0.120. The number of Topliss-reactive ketones (excluding diaryl/α,β-unsaturated/α-hetero) is 1. The first kappa shape index (κ1) is 17.0. The standard InChI is InChI=1S/C18H18N4O3S/c1-22-14-8-11(6-7-16(14)25-9-17(22)24)15(23)10-26-18-19-12-4-2-3-5-13(12)20-21-18/h6-8H,2-5,9-10H2,1H3. The number of hydrogen-bond acceptors (Lipinski definition) is 7. The predicted molar refractivity (Wildman–Crippen MR) is 96.9 cm³/mol. The van der Waals surface area contributed by atoms with Gasteiger partial charge in [-0.2, -0.15) is 5.10 Å². The zero-order valence-electron chi connectivity index (χ0n) is 14.4. The largest absolute Gasteiger partial charge is 0.482 e. The van der Waals surface area contributed by atoms with E-state index in [2.05, 4.69) is 15.2 Å². The highest BCUT2D eigenvalue weighted by atomic mass is 32.2. The van der Waals surface area contributed by atoms with Crippen LogP contribution in [0.5, 0.6) is 5.75 Å². The van der Waals surface area contributed by atoms with E-state index in [-0.39, 0.29) is 24.1 Å². The molecule has 1 aliphatic carbocycles. The summed E-state index contributed by atoms with van der Waals surface area (Å²) in [6, 6.07) is 5.14. The Bertz CT molecular complexity index is 887. The highest BCUT2D eigenvalue weighted by Gasteiger charge is 2.23. The molecule has 1 aromatic heterocycles. The van der Waals surface area contributed by atoms with Gasteiger partial charge in [0.15, 0.2) is 12.4 Å². The van der Waals surface area contributed by atoms with Gasteiger partial charge >= 0.3 is 0 Å². The smallest absolute Gasteiger partial charge is 0.264 e. The molecule has 2 aliphatic rings. The van der Waals surface area contributed by atoms with Crippen LogP contribution in [-0.2, 0) is 17.6 Å². The summed E-state index contributed by atoms with van der Waals surface area (Å²) in [7, 11) is 1.68. The molecule has 0 unspecified atom stereocenters. The lowest BCUT2D eigenvalue weighted by atomic mass is 10.0. The van der Waals surface area contributed by atoms with E-state index in [0.717, 1.165) is 37.1 Å². The fraction of sp³-hybridized carbons (Fsp3) is 0.389. The van der Waals surface area contributed by atoms with Gasteiger partial charge in [0.2, 0.25) is 5.16 Å². The van der Waals surface area contributed by atoms with Crippen molar-refractivity contribution >= 4 is 29.1 Å². The van der Waals surface area contributed by atoms with Crippen molar-refractivity contribution < 1.29 is 14.3 Å². The zero-order chi connectivity index (χ0) is 18.1. The minimum absolute atomic E-state index is 0.0231. The van der Waals surface area contributed by atoms with E-state index in [1.807, 2.05) is 0 Å². The molecule has 0 radical (unpaired) electrons. The summed E-state index contributed by atoms with van der Waals surface area (Å²) in [5.74, 6) is 0.645. The number of thioether (sulfide) groups is 1. The molecule has 26 heavy (non-hydrogen) atoms. The molecule has 134 valence electrons. The number of anilines is 1. The number of likely N-dealkylation sites (N-methyl/N-ethyl adjacent to an activating group) is 1. The van der Waals surface area contributed by atoms with Crippen LogP contribution in [0.1, 0.15) is 34.6 Å². The molecule has 0 spiro atoms. The Labute approximate surface area is 155 Å². The van der Waals surface area contributed by atoms with Crippen LogP contribution in [0, 0.1) is 0 Å². The van der Waals surface area contributed by atoms with Gasteiger partial charge in [-0.05, 0) is 43.9 Å². The van der Waals surface area contributed by atoms with E-state index in [4.69, 9.17) is 4.74 Å². The Balaban J connectivity index is 1.46. The van der Waals surface area contributed by atoms with Crippen molar-refractivity contribution in [1.82, 2.24) is 15.2 Å². The fourth-order valence-electron chi connectivity index (χ4n) is 3.06. The second kappa shape index (κ2) is 7.03. The molecule has 1 aliphatic heterocycles. The summed E-state index contributed by atoms with van der Waals surface area (Å²) in [4.78, 5) is 30.3. The summed E-state index contributed by atoms with van der Waals surface area (Å²) >= 11 is 1.29. The third kappa shape index (κ3) is 3.29. The van der Waals surface area contributed by atoms with Crippen molar-refractivity contribution in [3.05, 3.63) is 35.2 Å². The molecular weight excluding hydrogens is 352 g/mol. The van der Waals surface area contributed by atoms with E-state index < -0.39 is 0 Å². The van der Waals surface area contributed by atoms with Crippen molar-refractivity contribution in [2.75, 3.05) is 24.3 Å². The maximum absolute atomic E-state index is 12.5. The van der Waals surface area contributed by atoms with Crippen LogP contribution >= 0.6 is 11.8 Å². The second-order valence-corrected chi connectivity index (χ2v) is 7.27. The third-order valence-corrected chi connectivity index (χ3v) is 5.43. The molecule has 2 heterocycles. The number of rotatable bonds is 4. The van der Waals surface area contributed by atoms with E-state index >= 15 is 0 Å². The van der Waals surface area contributed by atoms with Crippen molar-refractivity contribution in [1.29, 1.82) is 0 Å². The van der Waals surface area contributed by atoms with E-state index in [9.17, 15) is 9.59 Å². The predicted octanol–water partition coefficient (Wildman–Crippen LogP) is 2.08. The quantitative estimate of drug-likeness (QED) is 0.602. The summed E-state index contributed by atoms with van der Waals surface area (Å²) < 4.78 is 5.39. The summed E-state index contributed by atoms with van der Waals surface area (Å²) in [5.41, 5.74) is 3.14. The first-order chi connectivity index (χ1) is 12.6. The Morgan fingerprint density at radius 3 is 2.88 bits per heavy atom. The van der Waals surface area contributed by atoms with Gasteiger partial charge in [0.25, 0.3) is 5.91 Å². The molecule has 0 bridgehead atoms. The molecule has 0 fully saturated rings. The van der Waals surface area contributed by atoms with Crippen molar-refractivity contribution in [3.8, 4) is 5.75 Å². The van der Waals surface area contributed by atoms with Crippen molar-refractivity contribution in [2.45, 2.75) is 30.8 Å². The SMILES string of the molecule is CN1C(=O)COc2ccc(C(=O)CSc3nnc4c(n3)CCCC4)cc21. The number of carbonyl (C=O) groups excluding carboxylic acids is 2. The summed E-state index contributed by atoms with van der Waals surface area (Å²) in [5, 5.41) is 8.90. The molecule has 0 N–H and O–H groups in total. The number of nitrogens with zero attached hydrogens (tertiary/aromatic N) is 4. The number of aromatic nitrogens is 3. The molecule has 1 amide bonds. The zero-order valence-corrected chi connectivity index (χ0v) is 15.2. The van der Waals surface area contributed by atoms with Crippen molar-refractivity contribution in [3.63, 3.8) is 0 Å². The molecule has 2 aromatic rings. The van der Waals surface area contributed by atoms with Crippen LogP contribution in [0.2, 0.25) is 0 Å². The van der Waals surface area contributed by atoms with Gasteiger partial charge in [0.05, 0.1) is 22.8 Å². The van der Waals surface area contributed by atoms with E-state index in [0.29, 0.717) is 22.2 Å². The van der Waals surface area contributed by atoms with Gasteiger partial charge in [-0.1, -0.05) is 11.8 Å². The highest BCUT2D eigenvalue weighted by molar-refractivity contribution is 7.99. The minimum Gasteiger partial charge on any atom is -0.482 e. The van der Waals surface area contributed by atoms with Gasteiger partial charge in [0, 0.05) is 12.6 Å². The van der Waals surface area contributed by atoms with E-state index in [1.54, 1.807) is 25.2 Å². The number of benzene rings is 1. The first-order valence-electron chi connectivity index (χ1n) is 8.53. The van der Waals surface area contributed by atoms with Crippen LogP contribution in [0.3, 0.4) is 0 Å². The topological polar surface area (TPSA) is 85.3 Å². The number of ketones is 1. The molecular formula is C18H18N4O3S. The maximum atomic E-state index is 12.5. The number of ether oxygens (including phenoxy) is 1. The molecule has 0 saturated heterocycles. The molecule has 1 aromatic carbocycles. The fourth-order valence-corrected chi connectivity index (χ4v) is 3.76. The Hall–Kier alpha value is -2.48. The summed E-state index contributed by atoms with van der Waals surface area (Å²) in [6.07, 6.45) is 4.12. The first-order valence-corrected chi connectivity index (χ1v) is 9.52. The monoisotopic (exact) mass is 370 g/mol. The third-order valence-electron chi connectivity index (χ3n) is 4.60. The van der Waals surface area contributed by atoms with E-state index in [1.165, 1.54) is 16.7 Å². The highest BCUT2D eigenvalue weighted by Crippen LogP contribution is 2.32. The molecule has 7 nitrogen and oxygen atoms in total. The van der Waals surface area contributed by atoms with Gasteiger partial charge in [-0.3, -0.25) is 9.59 Å². The molecule has 4 rings (SSSR count). The van der Waals surface area contributed by atoms with Crippen LogP contribution < -0.4 is 9.64 Å². The van der Waals surface area contributed by atoms with Crippen molar-refractivity contribution in [2.24, 2.45) is 0 Å². The van der Waals surface area contributed by atoms with Gasteiger partial charge in [0.1, 0.15) is 5.75 Å². The summed E-state index contributed by atoms with van der Waals surface area (Å²) in [6.45, 7) is 0.0231. The lowest BCUT2D eigenvalue weighted by Gasteiger charge is -2.26. The Kier molecular flexibility index (Phi) is 4.58. The van der Waals surface area contributed by atoms with Gasteiger partial charge in [-0.15, -0.1) is 5.10 Å². The minimum atomic E-state index is -0.134. The number of fused-ring (bicyclic) bond motifs is 2. The average molecular weight is 370 g/mol. The Morgan fingerprint density at radius 1 is 1.23 bits per heavy atom. The molecule has 0 saturated carbocycles. The maximum Gasteiger partial charge on any atom is 0.264 e. The molecule has 8 heteroatoms. The number of hydrogen-bond donors (Lipinski definition) is 0. The van der Waals surface area contributed by atoms with Crippen LogP contribution in [0.4, 0.5) is 5.69 Å². The number of aryl methyl sites for hydroxylation is 2. The van der Waals surface area contributed by atoms with Crippen LogP contribution in [-0.4, -0.2) is 46.3 Å². The molecule has 0 atom stereocenters. The second-order valence-electron chi connectivity index (χ2n) is 6.33.